The van der Waals surface area contributed by atoms with Gasteiger partial charge in [0.1, 0.15) is 29.1 Å². The van der Waals surface area contributed by atoms with E-state index in [9.17, 15) is 9.90 Å². The summed E-state index contributed by atoms with van der Waals surface area (Å²) in [5.74, 6) is 1.73. The molecule has 0 bridgehead atoms. The number of hydrogen-bond donors (Lipinski definition) is 2. The first kappa shape index (κ1) is 25.1. The summed E-state index contributed by atoms with van der Waals surface area (Å²) >= 11 is 1.49. The Balaban J connectivity index is 1.52. The maximum absolute atomic E-state index is 13.2. The Morgan fingerprint density at radius 2 is 1.86 bits per heavy atom. The van der Waals surface area contributed by atoms with E-state index in [0.29, 0.717) is 30.2 Å². The molecule has 1 unspecified atom stereocenters. The number of fused-ring (bicyclic) bond motifs is 1. The molecule has 0 aliphatic rings. The van der Waals surface area contributed by atoms with Crippen molar-refractivity contribution in [2.45, 2.75) is 40.3 Å². The van der Waals surface area contributed by atoms with Crippen LogP contribution in [0.15, 0.2) is 58.7 Å². The van der Waals surface area contributed by atoms with Crippen LogP contribution in [0.5, 0.6) is 5.75 Å². The maximum Gasteiger partial charge on any atom is 0.260 e. The van der Waals surface area contributed by atoms with Crippen molar-refractivity contribution in [1.82, 2.24) is 14.9 Å². The van der Waals surface area contributed by atoms with Crippen LogP contribution >= 0.6 is 11.3 Å². The molecule has 1 atom stereocenters. The summed E-state index contributed by atoms with van der Waals surface area (Å²) in [6.45, 7) is 10.2. The van der Waals surface area contributed by atoms with Gasteiger partial charge in [-0.2, -0.15) is 0 Å². The summed E-state index contributed by atoms with van der Waals surface area (Å²) in [6.07, 6.45) is -0.665. The molecule has 0 aliphatic heterocycles. The number of aryl methyl sites for hydroxylation is 2. The smallest absolute Gasteiger partial charge is 0.260 e. The predicted molar refractivity (Wildman–Crippen MR) is 143 cm³/mol. The van der Waals surface area contributed by atoms with Crippen molar-refractivity contribution in [2.75, 3.05) is 19.7 Å². The maximum atomic E-state index is 13.2. The zero-order valence-electron chi connectivity index (χ0n) is 20.7. The number of nitrogens with zero attached hydrogens (tertiary/aromatic N) is 2. The summed E-state index contributed by atoms with van der Waals surface area (Å²) in [6, 6.07) is 15.8. The molecule has 0 radical (unpaired) electrons. The topological polar surface area (TPSA) is 78.5 Å². The number of aromatic nitrogens is 2. The molecule has 0 spiro atoms. The van der Waals surface area contributed by atoms with Gasteiger partial charge in [0.15, 0.2) is 0 Å². The van der Waals surface area contributed by atoms with Crippen LogP contribution < -0.4 is 10.3 Å². The third-order valence-electron chi connectivity index (χ3n) is 5.83. The quantitative estimate of drug-likeness (QED) is 0.320. The average molecular weight is 492 g/mol. The summed E-state index contributed by atoms with van der Waals surface area (Å²) in [4.78, 5) is 23.8. The number of aliphatic hydroxyl groups is 1. The number of rotatable bonds is 10. The van der Waals surface area contributed by atoms with Crippen LogP contribution in [0.3, 0.4) is 0 Å². The molecule has 0 saturated carbocycles. The fourth-order valence-electron chi connectivity index (χ4n) is 4.28. The Morgan fingerprint density at radius 1 is 1.09 bits per heavy atom. The van der Waals surface area contributed by atoms with Crippen molar-refractivity contribution in [3.05, 3.63) is 81.2 Å². The molecule has 7 heteroatoms. The van der Waals surface area contributed by atoms with Crippen molar-refractivity contribution in [2.24, 2.45) is 5.92 Å². The molecule has 0 fully saturated rings. The lowest BCUT2D eigenvalue weighted by Gasteiger charge is -2.26. The molecule has 4 aromatic rings. The number of ether oxygens (including phenoxy) is 1. The van der Waals surface area contributed by atoms with Gasteiger partial charge in [-0.3, -0.25) is 9.69 Å². The van der Waals surface area contributed by atoms with E-state index >= 15 is 0 Å². The predicted octanol–water partition coefficient (Wildman–Crippen LogP) is 5.17. The van der Waals surface area contributed by atoms with Crippen molar-refractivity contribution in [3.8, 4) is 16.9 Å². The van der Waals surface area contributed by atoms with E-state index in [1.54, 1.807) is 0 Å². The van der Waals surface area contributed by atoms with Crippen molar-refractivity contribution in [3.63, 3.8) is 0 Å². The lowest BCUT2D eigenvalue weighted by molar-refractivity contribution is 0.0606. The number of thiophene rings is 1. The van der Waals surface area contributed by atoms with Crippen LogP contribution in [0.25, 0.3) is 21.3 Å². The van der Waals surface area contributed by atoms with E-state index in [1.807, 2.05) is 35.7 Å². The molecule has 0 aliphatic carbocycles. The van der Waals surface area contributed by atoms with E-state index in [-0.39, 0.29) is 12.2 Å². The first-order chi connectivity index (χ1) is 16.8. The molecule has 2 aromatic heterocycles. The normalized spacial score (nSPS) is 12.5. The van der Waals surface area contributed by atoms with Crippen molar-refractivity contribution >= 4 is 21.6 Å². The Bertz CT molecular complexity index is 1330. The Labute approximate surface area is 210 Å². The fraction of sp³-hybridized carbons (Fsp3) is 0.357. The van der Waals surface area contributed by atoms with Gasteiger partial charge >= 0.3 is 0 Å². The molecule has 2 heterocycles. The van der Waals surface area contributed by atoms with Crippen molar-refractivity contribution < 1.29 is 9.84 Å². The van der Waals surface area contributed by atoms with Gasteiger partial charge in [-0.25, -0.2) is 4.98 Å². The molecule has 0 amide bonds. The highest BCUT2D eigenvalue weighted by Gasteiger charge is 2.18. The number of para-hydroxylation sites is 1. The first-order valence-corrected chi connectivity index (χ1v) is 12.8. The third kappa shape index (κ3) is 6.36. The largest absolute Gasteiger partial charge is 0.491 e. The van der Waals surface area contributed by atoms with Gasteiger partial charge in [0.05, 0.1) is 11.9 Å². The third-order valence-corrected chi connectivity index (χ3v) is 6.70. The molecule has 6 nitrogen and oxygen atoms in total. The second kappa shape index (κ2) is 11.2. The number of nitrogens with one attached hydrogen (secondary N) is 1. The molecule has 2 aromatic carbocycles. The lowest BCUT2D eigenvalue weighted by atomic mass is 9.99. The average Bonchev–Trinajstić information content (AvgIpc) is 3.24. The van der Waals surface area contributed by atoms with Crippen LogP contribution in [-0.2, 0) is 6.54 Å². The minimum absolute atomic E-state index is 0.125. The lowest BCUT2D eigenvalue weighted by Crippen LogP contribution is -2.38. The zero-order valence-corrected chi connectivity index (χ0v) is 21.6. The van der Waals surface area contributed by atoms with Crippen LogP contribution in [0, 0.1) is 19.8 Å². The number of H-pyrrole nitrogens is 1. The van der Waals surface area contributed by atoms with E-state index < -0.39 is 6.10 Å². The summed E-state index contributed by atoms with van der Waals surface area (Å²) in [7, 11) is 0. The van der Waals surface area contributed by atoms with E-state index in [1.165, 1.54) is 11.3 Å². The molecule has 4 rings (SSSR count). The standard InChI is InChI=1S/C28H33N3O3S/c1-18(2)13-31(14-21(32)16-34-22-8-6-5-7-9-22)15-25-29-27(33)26-24(17-35-28(26)30-25)23-12-19(3)10-11-20(23)4/h5-12,17-18,21,32H,13-16H2,1-4H3,(H,29,30,33). The molecule has 35 heavy (non-hydrogen) atoms. The highest BCUT2D eigenvalue weighted by molar-refractivity contribution is 7.17. The Morgan fingerprint density at radius 3 is 2.60 bits per heavy atom. The highest BCUT2D eigenvalue weighted by atomic mass is 32.1. The van der Waals surface area contributed by atoms with Gasteiger partial charge in [-0.05, 0) is 43.0 Å². The van der Waals surface area contributed by atoms with Crippen LogP contribution in [0.4, 0.5) is 0 Å². The van der Waals surface area contributed by atoms with Gasteiger partial charge in [0, 0.05) is 24.0 Å². The monoisotopic (exact) mass is 491 g/mol. The van der Waals surface area contributed by atoms with Gasteiger partial charge in [-0.1, -0.05) is 55.8 Å². The number of hydrogen-bond acceptors (Lipinski definition) is 6. The van der Waals surface area contributed by atoms with Gasteiger partial charge in [-0.15, -0.1) is 11.3 Å². The Hall–Kier alpha value is -3.00. The molecule has 0 saturated heterocycles. The van der Waals surface area contributed by atoms with Gasteiger partial charge < -0.3 is 14.8 Å². The minimum atomic E-state index is -0.665. The van der Waals surface area contributed by atoms with Gasteiger partial charge in [0.2, 0.25) is 0 Å². The summed E-state index contributed by atoms with van der Waals surface area (Å²) < 4.78 is 5.71. The van der Waals surface area contributed by atoms with E-state index in [2.05, 4.69) is 55.8 Å². The van der Waals surface area contributed by atoms with Crippen LogP contribution in [0.1, 0.15) is 30.8 Å². The van der Waals surface area contributed by atoms with E-state index in [0.717, 1.165) is 39.4 Å². The molecule has 184 valence electrons. The summed E-state index contributed by atoms with van der Waals surface area (Å²) in [5, 5.41) is 13.3. The molecular weight excluding hydrogens is 458 g/mol. The zero-order chi connectivity index (χ0) is 24.9. The van der Waals surface area contributed by atoms with E-state index in [4.69, 9.17) is 9.72 Å². The fourth-order valence-corrected chi connectivity index (χ4v) is 5.24. The summed E-state index contributed by atoms with van der Waals surface area (Å²) in [5.41, 5.74) is 4.16. The van der Waals surface area contributed by atoms with Crippen LogP contribution in [-0.4, -0.2) is 45.8 Å². The SMILES string of the molecule is Cc1ccc(C)c(-c2csc3nc(CN(CC(C)C)CC(O)COc4ccccc4)[nH]c(=O)c23)c1. The molecule has 2 N–H and O–H groups in total. The van der Waals surface area contributed by atoms with Crippen molar-refractivity contribution in [1.29, 1.82) is 0 Å². The second-order valence-corrected chi connectivity index (χ2v) is 10.4. The first-order valence-electron chi connectivity index (χ1n) is 12.0. The second-order valence-electron chi connectivity index (χ2n) is 9.53. The highest BCUT2D eigenvalue weighted by Crippen LogP contribution is 2.33. The number of aromatic amines is 1. The number of aliphatic hydroxyl groups excluding tert-OH is 1. The van der Waals surface area contributed by atoms with Gasteiger partial charge in [0.25, 0.3) is 5.56 Å². The van der Waals surface area contributed by atoms with Crippen LogP contribution in [0.2, 0.25) is 0 Å². The minimum Gasteiger partial charge on any atom is -0.491 e. The Kier molecular flexibility index (Phi) is 8.00. The molecular formula is C28H33N3O3S. The number of benzene rings is 2.